The minimum absolute atomic E-state index is 0.0346. The van der Waals surface area contributed by atoms with E-state index in [1.807, 2.05) is 30.3 Å². The van der Waals surface area contributed by atoms with E-state index in [4.69, 9.17) is 13.9 Å². The summed E-state index contributed by atoms with van der Waals surface area (Å²) in [7, 11) is 0. The maximum atomic E-state index is 12.5. The van der Waals surface area contributed by atoms with E-state index in [-0.39, 0.29) is 24.5 Å². The van der Waals surface area contributed by atoms with Gasteiger partial charge in [-0.2, -0.15) is 5.10 Å². The van der Waals surface area contributed by atoms with E-state index < -0.39 is 0 Å². The van der Waals surface area contributed by atoms with Gasteiger partial charge in [0.2, 0.25) is 12.7 Å². The molecular weight excluding hydrogens is 322 g/mol. The molecule has 126 valence electrons. The molecule has 2 aromatic heterocycles. The Balaban J connectivity index is 1.35. The molecule has 0 bridgehead atoms. The number of hydrogen-bond acceptors (Lipinski definition) is 5. The number of anilines is 1. The summed E-state index contributed by atoms with van der Waals surface area (Å²) in [6, 6.07) is 9.40. The maximum Gasteiger partial charge on any atom is 0.231 e. The van der Waals surface area contributed by atoms with Crippen molar-refractivity contribution in [3.05, 3.63) is 48.6 Å². The van der Waals surface area contributed by atoms with Crippen LogP contribution >= 0.6 is 0 Å². The number of carbonyl (C=O) groups excluding carboxylic acids is 1. The molecule has 0 unspecified atom stereocenters. The number of hydrogen-bond donors (Lipinski definition) is 2. The van der Waals surface area contributed by atoms with Crippen molar-refractivity contribution in [3.63, 3.8) is 0 Å². The fourth-order valence-electron chi connectivity index (χ4n) is 3.18. The highest BCUT2D eigenvalue weighted by molar-refractivity contribution is 5.97. The Hall–Kier alpha value is -3.22. The van der Waals surface area contributed by atoms with Gasteiger partial charge in [0, 0.05) is 17.4 Å². The third-order valence-corrected chi connectivity index (χ3v) is 4.61. The molecule has 1 aromatic carbocycles. The SMILES string of the molecule is O=C(Nc1[nH]ncc1-c1ccc2c(c1)OCO2)[C@H]1C[C@@H]1c1ccco1. The Bertz CT molecular complexity index is 932. The van der Waals surface area contributed by atoms with Gasteiger partial charge >= 0.3 is 0 Å². The number of nitrogens with zero attached hydrogens (tertiary/aromatic N) is 1. The van der Waals surface area contributed by atoms with Gasteiger partial charge < -0.3 is 19.2 Å². The van der Waals surface area contributed by atoms with Gasteiger partial charge in [0.15, 0.2) is 11.5 Å². The first-order chi connectivity index (χ1) is 12.3. The molecule has 1 saturated carbocycles. The number of fused-ring (bicyclic) bond motifs is 1. The number of H-pyrrole nitrogens is 1. The summed E-state index contributed by atoms with van der Waals surface area (Å²) >= 11 is 0. The molecule has 1 aliphatic heterocycles. The van der Waals surface area contributed by atoms with E-state index in [9.17, 15) is 4.79 Å². The summed E-state index contributed by atoms with van der Waals surface area (Å²) in [5.41, 5.74) is 1.70. The molecule has 7 heteroatoms. The summed E-state index contributed by atoms with van der Waals surface area (Å²) in [5, 5.41) is 9.86. The number of ether oxygens (including phenoxy) is 2. The standard InChI is InChI=1S/C18H15N3O4/c22-18(12-7-11(12)14-2-1-5-23-14)20-17-13(8-19-21-17)10-3-4-15-16(6-10)25-9-24-15/h1-6,8,11-12H,7,9H2,(H2,19,20,21,22)/t11-,12-/m0/s1. The second kappa shape index (κ2) is 5.41. The number of aromatic nitrogens is 2. The van der Waals surface area contributed by atoms with E-state index in [1.54, 1.807) is 12.5 Å². The van der Waals surface area contributed by atoms with Crippen LogP contribution in [0.4, 0.5) is 5.82 Å². The van der Waals surface area contributed by atoms with Crippen LogP contribution in [0.25, 0.3) is 11.1 Å². The normalized spacial score (nSPS) is 20.5. The Kier molecular flexibility index (Phi) is 3.06. The van der Waals surface area contributed by atoms with Crippen molar-refractivity contribution in [2.24, 2.45) is 5.92 Å². The maximum absolute atomic E-state index is 12.5. The van der Waals surface area contributed by atoms with Crippen molar-refractivity contribution in [1.29, 1.82) is 0 Å². The fraction of sp³-hybridized carbons (Fsp3) is 0.222. The van der Waals surface area contributed by atoms with Crippen molar-refractivity contribution in [2.45, 2.75) is 12.3 Å². The Labute approximate surface area is 142 Å². The quantitative estimate of drug-likeness (QED) is 0.763. The van der Waals surface area contributed by atoms with Gasteiger partial charge in [-0.3, -0.25) is 9.89 Å². The molecule has 1 aliphatic carbocycles. The molecule has 3 aromatic rings. The van der Waals surface area contributed by atoms with Crippen molar-refractivity contribution < 1.29 is 18.7 Å². The van der Waals surface area contributed by atoms with Gasteiger partial charge in [-0.25, -0.2) is 0 Å². The zero-order chi connectivity index (χ0) is 16.8. The molecule has 5 rings (SSSR count). The number of carbonyl (C=O) groups is 1. The summed E-state index contributed by atoms with van der Waals surface area (Å²) in [4.78, 5) is 12.5. The first-order valence-electron chi connectivity index (χ1n) is 8.07. The molecule has 0 spiro atoms. The first-order valence-corrected chi connectivity index (χ1v) is 8.07. The second-order valence-corrected chi connectivity index (χ2v) is 6.18. The number of aromatic amines is 1. The number of rotatable bonds is 4. The highest BCUT2D eigenvalue weighted by Crippen LogP contribution is 2.48. The number of amides is 1. The minimum Gasteiger partial charge on any atom is -0.469 e. The van der Waals surface area contributed by atoms with Crippen molar-refractivity contribution in [2.75, 3.05) is 12.1 Å². The molecule has 1 amide bonds. The molecule has 25 heavy (non-hydrogen) atoms. The molecular formula is C18H15N3O4. The topological polar surface area (TPSA) is 89.4 Å². The molecule has 2 N–H and O–H groups in total. The van der Waals surface area contributed by atoms with Crippen LogP contribution in [0.15, 0.2) is 47.2 Å². The van der Waals surface area contributed by atoms with E-state index in [0.717, 1.165) is 29.1 Å². The van der Waals surface area contributed by atoms with Crippen LogP contribution in [0, 0.1) is 5.92 Å². The van der Waals surface area contributed by atoms with Crippen molar-refractivity contribution in [1.82, 2.24) is 10.2 Å². The predicted octanol–water partition coefficient (Wildman–Crippen LogP) is 3.14. The zero-order valence-electron chi connectivity index (χ0n) is 13.2. The molecule has 7 nitrogen and oxygen atoms in total. The van der Waals surface area contributed by atoms with Crippen LogP contribution in [0.1, 0.15) is 18.1 Å². The second-order valence-electron chi connectivity index (χ2n) is 6.18. The average molecular weight is 337 g/mol. The zero-order valence-corrected chi connectivity index (χ0v) is 13.2. The number of nitrogens with one attached hydrogen (secondary N) is 2. The monoisotopic (exact) mass is 337 g/mol. The fourth-order valence-corrected chi connectivity index (χ4v) is 3.18. The molecule has 0 saturated heterocycles. The summed E-state index contributed by atoms with van der Waals surface area (Å²) < 4.78 is 16.1. The Morgan fingerprint density at radius 2 is 2.16 bits per heavy atom. The predicted molar refractivity (Wildman–Crippen MR) is 88.3 cm³/mol. The van der Waals surface area contributed by atoms with Crippen LogP contribution in [0.2, 0.25) is 0 Å². The lowest BCUT2D eigenvalue weighted by Gasteiger charge is -2.06. The van der Waals surface area contributed by atoms with E-state index in [0.29, 0.717) is 11.6 Å². The average Bonchev–Trinajstić information content (AvgIpc) is 3.06. The highest BCUT2D eigenvalue weighted by atomic mass is 16.7. The summed E-state index contributed by atoms with van der Waals surface area (Å²) in [5.74, 6) is 2.90. The number of furan rings is 1. The van der Waals surface area contributed by atoms with Crippen molar-refractivity contribution >= 4 is 11.7 Å². The van der Waals surface area contributed by atoms with Gasteiger partial charge in [0.25, 0.3) is 0 Å². The molecule has 0 radical (unpaired) electrons. The van der Waals surface area contributed by atoms with Crippen LogP contribution in [0.5, 0.6) is 11.5 Å². The first kappa shape index (κ1) is 14.2. The van der Waals surface area contributed by atoms with Crippen LogP contribution < -0.4 is 14.8 Å². The van der Waals surface area contributed by atoms with Crippen LogP contribution in [-0.4, -0.2) is 22.9 Å². The lowest BCUT2D eigenvalue weighted by atomic mass is 10.1. The minimum atomic E-state index is -0.0703. The Morgan fingerprint density at radius 1 is 1.24 bits per heavy atom. The summed E-state index contributed by atoms with van der Waals surface area (Å²) in [6.45, 7) is 0.226. The van der Waals surface area contributed by atoms with Gasteiger partial charge in [0.05, 0.1) is 12.5 Å². The highest BCUT2D eigenvalue weighted by Gasteiger charge is 2.46. The van der Waals surface area contributed by atoms with E-state index in [2.05, 4.69) is 15.5 Å². The van der Waals surface area contributed by atoms with E-state index in [1.165, 1.54) is 0 Å². The summed E-state index contributed by atoms with van der Waals surface area (Å²) in [6.07, 6.45) is 4.12. The van der Waals surface area contributed by atoms with Crippen molar-refractivity contribution in [3.8, 4) is 22.6 Å². The van der Waals surface area contributed by atoms with Crippen LogP contribution in [-0.2, 0) is 4.79 Å². The molecule has 1 fully saturated rings. The van der Waals surface area contributed by atoms with E-state index >= 15 is 0 Å². The molecule has 3 heterocycles. The van der Waals surface area contributed by atoms with Gasteiger partial charge in [-0.15, -0.1) is 0 Å². The number of benzene rings is 1. The smallest absolute Gasteiger partial charge is 0.231 e. The van der Waals surface area contributed by atoms with Gasteiger partial charge in [-0.05, 0) is 36.2 Å². The van der Waals surface area contributed by atoms with Crippen LogP contribution in [0.3, 0.4) is 0 Å². The third-order valence-electron chi connectivity index (χ3n) is 4.61. The lowest BCUT2D eigenvalue weighted by Crippen LogP contribution is -2.15. The van der Waals surface area contributed by atoms with Gasteiger partial charge in [0.1, 0.15) is 11.6 Å². The van der Waals surface area contributed by atoms with Gasteiger partial charge in [-0.1, -0.05) is 6.07 Å². The molecule has 2 aliphatic rings. The molecule has 2 atom stereocenters. The third kappa shape index (κ3) is 2.44. The largest absolute Gasteiger partial charge is 0.469 e. The lowest BCUT2D eigenvalue weighted by molar-refractivity contribution is -0.117. The Morgan fingerprint density at radius 3 is 3.04 bits per heavy atom.